The SMILES string of the molecule is C=CC[N+](CC=C)(CC=C)CC[N+](CC=C)(CC=C)CC=C.[Cl-].[Cl-]. The minimum atomic E-state index is 0. The van der Waals surface area contributed by atoms with Gasteiger partial charge in [-0.15, -0.1) is 0 Å². The second-order valence-corrected chi connectivity index (χ2v) is 5.96. The molecule has 0 unspecified atom stereocenters. The third-order valence-corrected chi connectivity index (χ3v) is 4.15. The van der Waals surface area contributed by atoms with Gasteiger partial charge in [0, 0.05) is 0 Å². The average Bonchev–Trinajstić information content (AvgIpc) is 2.47. The molecule has 0 saturated heterocycles. The summed E-state index contributed by atoms with van der Waals surface area (Å²) in [4.78, 5) is 0. The van der Waals surface area contributed by atoms with Gasteiger partial charge in [-0.3, -0.25) is 0 Å². The Labute approximate surface area is 162 Å². The van der Waals surface area contributed by atoms with Crippen molar-refractivity contribution in [2.24, 2.45) is 0 Å². The molecule has 0 amide bonds. The van der Waals surface area contributed by atoms with E-state index in [2.05, 4.69) is 39.5 Å². The van der Waals surface area contributed by atoms with Gasteiger partial charge in [0.05, 0.1) is 39.3 Å². The summed E-state index contributed by atoms with van der Waals surface area (Å²) in [6.45, 7) is 31.2. The van der Waals surface area contributed by atoms with Gasteiger partial charge in [0.25, 0.3) is 0 Å². The van der Waals surface area contributed by atoms with Gasteiger partial charge >= 0.3 is 0 Å². The van der Waals surface area contributed by atoms with Crippen LogP contribution in [0.1, 0.15) is 0 Å². The predicted octanol–water partition coefficient (Wildman–Crippen LogP) is -2.26. The average molecular weight is 373 g/mol. The Morgan fingerprint density at radius 3 is 0.708 bits per heavy atom. The van der Waals surface area contributed by atoms with Crippen LogP contribution < -0.4 is 24.8 Å². The molecule has 0 aromatic heterocycles. The molecule has 0 aromatic rings. The van der Waals surface area contributed by atoms with Crippen LogP contribution in [0.15, 0.2) is 75.9 Å². The Balaban J connectivity index is -0.00000220. The van der Waals surface area contributed by atoms with Crippen molar-refractivity contribution in [2.75, 3.05) is 52.4 Å². The zero-order valence-electron chi connectivity index (χ0n) is 15.0. The first-order valence-electron chi connectivity index (χ1n) is 7.93. The highest BCUT2D eigenvalue weighted by Crippen LogP contribution is 2.14. The zero-order chi connectivity index (χ0) is 16.9. The van der Waals surface area contributed by atoms with Crippen LogP contribution in [0.2, 0.25) is 0 Å². The number of halogens is 2. The normalized spacial score (nSPS) is 10.5. The van der Waals surface area contributed by atoms with Crippen molar-refractivity contribution < 1.29 is 33.8 Å². The van der Waals surface area contributed by atoms with Crippen molar-refractivity contribution in [1.29, 1.82) is 0 Å². The van der Waals surface area contributed by atoms with Gasteiger partial charge in [0.15, 0.2) is 0 Å². The smallest absolute Gasteiger partial charge is 0.129 e. The van der Waals surface area contributed by atoms with Crippen molar-refractivity contribution in [2.45, 2.75) is 0 Å². The molecule has 4 heteroatoms. The molecule has 0 aromatic carbocycles. The number of hydrogen-bond acceptors (Lipinski definition) is 0. The molecule has 2 nitrogen and oxygen atoms in total. The van der Waals surface area contributed by atoms with E-state index >= 15 is 0 Å². The number of hydrogen-bond donors (Lipinski definition) is 0. The summed E-state index contributed by atoms with van der Waals surface area (Å²) >= 11 is 0. The second-order valence-electron chi connectivity index (χ2n) is 5.96. The lowest BCUT2D eigenvalue weighted by Gasteiger charge is -2.42. The molecule has 0 rings (SSSR count). The molecule has 0 bridgehead atoms. The number of rotatable bonds is 15. The van der Waals surface area contributed by atoms with Crippen molar-refractivity contribution in [3.8, 4) is 0 Å². The molecule has 0 spiro atoms. The van der Waals surface area contributed by atoms with Gasteiger partial charge in [-0.1, -0.05) is 39.5 Å². The minimum absolute atomic E-state index is 0. The largest absolute Gasteiger partial charge is 1.00 e. The maximum absolute atomic E-state index is 3.93. The molecule has 0 heterocycles. The van der Waals surface area contributed by atoms with E-state index < -0.39 is 0 Å². The fourth-order valence-corrected chi connectivity index (χ4v) is 3.06. The monoisotopic (exact) mass is 372 g/mol. The van der Waals surface area contributed by atoms with E-state index in [-0.39, 0.29) is 24.8 Å². The van der Waals surface area contributed by atoms with Crippen LogP contribution in [-0.4, -0.2) is 61.3 Å². The topological polar surface area (TPSA) is 0 Å². The third-order valence-electron chi connectivity index (χ3n) is 4.15. The molecule has 138 valence electrons. The van der Waals surface area contributed by atoms with Crippen LogP contribution in [0, 0.1) is 0 Å². The van der Waals surface area contributed by atoms with Crippen molar-refractivity contribution >= 4 is 0 Å². The molecule has 0 aliphatic carbocycles. The van der Waals surface area contributed by atoms with Crippen LogP contribution >= 0.6 is 0 Å². The first-order valence-corrected chi connectivity index (χ1v) is 7.93. The fourth-order valence-electron chi connectivity index (χ4n) is 3.06. The molecule has 24 heavy (non-hydrogen) atoms. The van der Waals surface area contributed by atoms with Crippen molar-refractivity contribution in [1.82, 2.24) is 0 Å². The molecule has 0 radical (unpaired) electrons. The summed E-state index contributed by atoms with van der Waals surface area (Å²) < 4.78 is 1.84. The molecule has 0 atom stereocenters. The van der Waals surface area contributed by atoms with Gasteiger partial charge in [-0.05, 0) is 36.5 Å². The van der Waals surface area contributed by atoms with Crippen LogP contribution in [0.4, 0.5) is 0 Å². The number of nitrogens with zero attached hydrogens (tertiary/aromatic N) is 2. The Hall–Kier alpha value is -1.06. The first kappa shape index (κ1) is 27.8. The van der Waals surface area contributed by atoms with E-state index in [4.69, 9.17) is 0 Å². The molecule has 0 aliphatic heterocycles. The lowest BCUT2D eigenvalue weighted by Crippen LogP contribution is -3.00. The van der Waals surface area contributed by atoms with E-state index in [0.717, 1.165) is 61.3 Å². The van der Waals surface area contributed by atoms with E-state index in [1.54, 1.807) is 0 Å². The minimum Gasteiger partial charge on any atom is -1.00 e. The molecule has 0 fully saturated rings. The van der Waals surface area contributed by atoms with Gasteiger partial charge < -0.3 is 33.8 Å². The summed E-state index contributed by atoms with van der Waals surface area (Å²) in [5.74, 6) is 0. The van der Waals surface area contributed by atoms with Gasteiger partial charge in [-0.25, -0.2) is 0 Å². The lowest BCUT2D eigenvalue weighted by molar-refractivity contribution is -0.966. The Morgan fingerprint density at radius 1 is 0.417 bits per heavy atom. The Morgan fingerprint density at radius 2 is 0.583 bits per heavy atom. The standard InChI is InChI=1S/C20H34N2.2ClH/c1-7-13-21(14-8-2,15-9-3)19-20-22(16-10-4,17-11-5)18-12-6;;/h7-12H,1-6,13-20H2;2*1H/q+2;;/p-2. The zero-order valence-corrected chi connectivity index (χ0v) is 16.5. The van der Waals surface area contributed by atoms with Crippen molar-refractivity contribution in [3.05, 3.63) is 75.9 Å². The van der Waals surface area contributed by atoms with E-state index in [1.165, 1.54) is 0 Å². The Bertz CT molecular complexity index is 311. The summed E-state index contributed by atoms with van der Waals surface area (Å²) in [5, 5.41) is 0. The van der Waals surface area contributed by atoms with Crippen LogP contribution in [0.3, 0.4) is 0 Å². The van der Waals surface area contributed by atoms with Gasteiger partial charge in [0.2, 0.25) is 0 Å². The van der Waals surface area contributed by atoms with Gasteiger partial charge in [-0.2, -0.15) is 0 Å². The maximum Gasteiger partial charge on any atom is 0.129 e. The highest BCUT2D eigenvalue weighted by atomic mass is 35.5. The van der Waals surface area contributed by atoms with E-state index in [9.17, 15) is 0 Å². The maximum atomic E-state index is 3.93. The molecule has 0 aliphatic rings. The quantitative estimate of drug-likeness (QED) is 0.225. The number of quaternary nitrogens is 2. The molecule has 0 saturated carbocycles. The van der Waals surface area contributed by atoms with Crippen LogP contribution in [0.25, 0.3) is 0 Å². The summed E-state index contributed by atoms with van der Waals surface area (Å²) in [6.07, 6.45) is 12.0. The predicted molar refractivity (Wildman–Crippen MR) is 101 cm³/mol. The summed E-state index contributed by atoms with van der Waals surface area (Å²) in [5.41, 5.74) is 0. The Kier molecular flexibility index (Phi) is 17.9. The molecular formula is C20H34Cl2N2. The first-order chi connectivity index (χ1) is 10.6. The summed E-state index contributed by atoms with van der Waals surface area (Å²) in [6, 6.07) is 0. The summed E-state index contributed by atoms with van der Waals surface area (Å²) in [7, 11) is 0. The molecule has 0 N–H and O–H groups in total. The molecular weight excluding hydrogens is 339 g/mol. The van der Waals surface area contributed by atoms with E-state index in [0.29, 0.717) is 0 Å². The lowest BCUT2D eigenvalue weighted by atomic mass is 10.2. The second kappa shape index (κ2) is 15.5. The van der Waals surface area contributed by atoms with Crippen LogP contribution in [-0.2, 0) is 0 Å². The van der Waals surface area contributed by atoms with Gasteiger partial charge in [0.1, 0.15) is 13.1 Å². The fraction of sp³-hybridized carbons (Fsp3) is 0.400. The van der Waals surface area contributed by atoms with E-state index in [1.807, 2.05) is 36.5 Å². The highest BCUT2D eigenvalue weighted by molar-refractivity contribution is 4.79. The van der Waals surface area contributed by atoms with Crippen molar-refractivity contribution in [3.63, 3.8) is 0 Å². The van der Waals surface area contributed by atoms with Crippen LogP contribution in [0.5, 0.6) is 0 Å². The third kappa shape index (κ3) is 9.29. The highest BCUT2D eigenvalue weighted by Gasteiger charge is 2.30.